The van der Waals surface area contributed by atoms with Gasteiger partial charge in [0.25, 0.3) is 11.8 Å². The third-order valence-electron chi connectivity index (χ3n) is 2.94. The fourth-order valence-corrected chi connectivity index (χ4v) is 2.04. The molecule has 1 aromatic rings. The predicted molar refractivity (Wildman–Crippen MR) is 70.2 cm³/mol. The van der Waals surface area contributed by atoms with E-state index >= 15 is 0 Å². The van der Waals surface area contributed by atoms with E-state index in [1.54, 1.807) is 12.1 Å². The summed E-state index contributed by atoms with van der Waals surface area (Å²) in [5.41, 5.74) is 0.371. The number of likely N-dealkylation sites (N-methyl/N-ethyl adjacent to an activating group) is 1. The summed E-state index contributed by atoms with van der Waals surface area (Å²) in [5.74, 6) is -0.975. The number of halogens is 1. The summed E-state index contributed by atoms with van der Waals surface area (Å²) in [7, 11) is 1.42. The van der Waals surface area contributed by atoms with Crippen molar-refractivity contribution in [3.63, 3.8) is 0 Å². The lowest BCUT2D eigenvalue weighted by atomic mass is 10.0. The quantitative estimate of drug-likeness (QED) is 0.642. The van der Waals surface area contributed by atoms with Crippen molar-refractivity contribution < 1.29 is 14.4 Å². The van der Waals surface area contributed by atoms with Crippen LogP contribution in [0.25, 0.3) is 0 Å². The number of hydrogen-bond donors (Lipinski definition) is 1. The Bertz CT molecular complexity index is 530. The molecule has 1 saturated heterocycles. The Balaban J connectivity index is 2.05. The molecule has 1 aliphatic heterocycles. The van der Waals surface area contributed by atoms with Crippen molar-refractivity contribution in [2.75, 3.05) is 7.05 Å². The number of aromatic nitrogens is 1. The van der Waals surface area contributed by atoms with Gasteiger partial charge in [0.1, 0.15) is 10.6 Å². The minimum atomic E-state index is -0.654. The highest BCUT2D eigenvalue weighted by Gasteiger charge is 2.32. The first-order valence-electron chi connectivity index (χ1n) is 5.72. The van der Waals surface area contributed by atoms with Crippen LogP contribution >= 0.6 is 15.9 Å². The van der Waals surface area contributed by atoms with Crippen LogP contribution in [0.2, 0.25) is 0 Å². The number of carbonyl (C=O) groups excluding carboxylic acids is 3. The highest BCUT2D eigenvalue weighted by Crippen LogP contribution is 2.12. The first kappa shape index (κ1) is 13.7. The molecular formula is C12H12BrN3O3. The standard InChI is InChI=1S/C12H12BrN3O3/c1-16-10(17)5-3-8(12(16)19)15-11(18)7-2-4-9(13)14-6-7/h2,4,6,8H,3,5H2,1H3,(H,15,18). The normalized spacial score (nSPS) is 19.5. The number of likely N-dealkylation sites (tertiary alicyclic amines) is 1. The summed E-state index contributed by atoms with van der Waals surface area (Å²) in [6.07, 6.45) is 2.01. The summed E-state index contributed by atoms with van der Waals surface area (Å²) in [6.45, 7) is 0. The Labute approximate surface area is 118 Å². The first-order chi connectivity index (χ1) is 8.99. The van der Waals surface area contributed by atoms with E-state index in [1.807, 2.05) is 0 Å². The van der Waals surface area contributed by atoms with Crippen molar-refractivity contribution in [3.8, 4) is 0 Å². The van der Waals surface area contributed by atoms with Crippen molar-refractivity contribution in [1.82, 2.24) is 15.2 Å². The minimum Gasteiger partial charge on any atom is -0.340 e. The van der Waals surface area contributed by atoms with E-state index in [-0.39, 0.29) is 24.1 Å². The van der Waals surface area contributed by atoms with E-state index < -0.39 is 6.04 Å². The number of hydrogen-bond acceptors (Lipinski definition) is 4. The molecule has 2 heterocycles. The zero-order chi connectivity index (χ0) is 14.0. The highest BCUT2D eigenvalue weighted by molar-refractivity contribution is 9.10. The molecule has 1 aromatic heterocycles. The number of imide groups is 1. The summed E-state index contributed by atoms with van der Waals surface area (Å²) in [5, 5.41) is 2.62. The van der Waals surface area contributed by atoms with Crippen molar-refractivity contribution in [3.05, 3.63) is 28.5 Å². The lowest BCUT2D eigenvalue weighted by Crippen LogP contribution is -2.52. The summed E-state index contributed by atoms with van der Waals surface area (Å²) in [4.78, 5) is 40.1. The lowest BCUT2D eigenvalue weighted by molar-refractivity contribution is -0.147. The number of piperidine rings is 1. The van der Waals surface area contributed by atoms with E-state index in [0.717, 1.165) is 4.90 Å². The van der Waals surface area contributed by atoms with Gasteiger partial charge in [0.2, 0.25) is 5.91 Å². The number of nitrogens with one attached hydrogen (secondary N) is 1. The van der Waals surface area contributed by atoms with Gasteiger partial charge >= 0.3 is 0 Å². The highest BCUT2D eigenvalue weighted by atomic mass is 79.9. The molecule has 0 radical (unpaired) electrons. The van der Waals surface area contributed by atoms with Gasteiger partial charge < -0.3 is 5.32 Å². The van der Waals surface area contributed by atoms with Gasteiger partial charge in [-0.3, -0.25) is 19.3 Å². The summed E-state index contributed by atoms with van der Waals surface area (Å²) < 4.78 is 0.628. The zero-order valence-electron chi connectivity index (χ0n) is 10.2. The van der Waals surface area contributed by atoms with Gasteiger partial charge in [0, 0.05) is 19.7 Å². The molecule has 1 unspecified atom stereocenters. The number of amides is 3. The van der Waals surface area contributed by atoms with Gasteiger partial charge in [0.15, 0.2) is 0 Å². The maximum atomic E-state index is 11.9. The topological polar surface area (TPSA) is 79.4 Å². The van der Waals surface area contributed by atoms with Crippen LogP contribution in [-0.2, 0) is 9.59 Å². The van der Waals surface area contributed by atoms with Crippen LogP contribution in [-0.4, -0.2) is 40.7 Å². The SMILES string of the molecule is CN1C(=O)CCC(NC(=O)c2ccc(Br)nc2)C1=O. The van der Waals surface area contributed by atoms with Crippen LogP contribution in [0.4, 0.5) is 0 Å². The Hall–Kier alpha value is -1.76. The molecule has 0 aromatic carbocycles. The Kier molecular flexibility index (Phi) is 3.94. The number of nitrogens with zero attached hydrogens (tertiary/aromatic N) is 2. The molecule has 1 aliphatic rings. The van der Waals surface area contributed by atoms with Gasteiger partial charge in [-0.05, 0) is 34.5 Å². The third kappa shape index (κ3) is 2.98. The fraction of sp³-hybridized carbons (Fsp3) is 0.333. The molecule has 19 heavy (non-hydrogen) atoms. The van der Waals surface area contributed by atoms with Crippen LogP contribution in [0, 0.1) is 0 Å². The Morgan fingerprint density at radius 1 is 1.47 bits per heavy atom. The molecule has 0 aliphatic carbocycles. The van der Waals surface area contributed by atoms with E-state index in [2.05, 4.69) is 26.2 Å². The largest absolute Gasteiger partial charge is 0.340 e. The Morgan fingerprint density at radius 2 is 2.21 bits per heavy atom. The molecular weight excluding hydrogens is 314 g/mol. The molecule has 0 spiro atoms. The maximum absolute atomic E-state index is 11.9. The van der Waals surface area contributed by atoms with E-state index in [9.17, 15) is 14.4 Å². The molecule has 1 atom stereocenters. The number of carbonyl (C=O) groups is 3. The molecule has 2 rings (SSSR count). The first-order valence-corrected chi connectivity index (χ1v) is 6.51. The van der Waals surface area contributed by atoms with E-state index in [1.165, 1.54) is 13.2 Å². The maximum Gasteiger partial charge on any atom is 0.253 e. The van der Waals surface area contributed by atoms with Gasteiger partial charge in [-0.15, -0.1) is 0 Å². The molecule has 1 fully saturated rings. The van der Waals surface area contributed by atoms with Gasteiger partial charge in [-0.25, -0.2) is 4.98 Å². The summed E-state index contributed by atoms with van der Waals surface area (Å²) in [6, 6.07) is 2.60. The van der Waals surface area contributed by atoms with Crippen LogP contribution in [0.15, 0.2) is 22.9 Å². The van der Waals surface area contributed by atoms with Crippen LogP contribution < -0.4 is 5.32 Å². The number of rotatable bonds is 2. The summed E-state index contributed by atoms with van der Waals surface area (Å²) >= 11 is 3.18. The molecule has 0 saturated carbocycles. The molecule has 0 bridgehead atoms. The second-order valence-corrected chi connectivity index (χ2v) is 5.04. The average molecular weight is 326 g/mol. The second kappa shape index (κ2) is 5.48. The van der Waals surface area contributed by atoms with Crippen molar-refractivity contribution in [2.45, 2.75) is 18.9 Å². The van der Waals surface area contributed by atoms with Crippen molar-refractivity contribution >= 4 is 33.7 Å². The fourth-order valence-electron chi connectivity index (χ4n) is 1.80. The smallest absolute Gasteiger partial charge is 0.253 e. The third-order valence-corrected chi connectivity index (χ3v) is 3.41. The van der Waals surface area contributed by atoms with E-state index in [0.29, 0.717) is 16.6 Å². The van der Waals surface area contributed by atoms with Gasteiger partial charge in [-0.2, -0.15) is 0 Å². The van der Waals surface area contributed by atoms with Crippen LogP contribution in [0.5, 0.6) is 0 Å². The minimum absolute atomic E-state index is 0.221. The predicted octanol–water partition coefficient (Wildman–Crippen LogP) is 0.721. The Morgan fingerprint density at radius 3 is 2.84 bits per heavy atom. The molecule has 1 N–H and O–H groups in total. The lowest BCUT2D eigenvalue weighted by Gasteiger charge is -2.28. The van der Waals surface area contributed by atoms with Crippen molar-refractivity contribution in [2.24, 2.45) is 0 Å². The zero-order valence-corrected chi connectivity index (χ0v) is 11.8. The van der Waals surface area contributed by atoms with Gasteiger partial charge in [0.05, 0.1) is 5.56 Å². The van der Waals surface area contributed by atoms with Crippen molar-refractivity contribution in [1.29, 1.82) is 0 Å². The average Bonchev–Trinajstić information content (AvgIpc) is 2.40. The van der Waals surface area contributed by atoms with Crippen LogP contribution in [0.1, 0.15) is 23.2 Å². The number of pyridine rings is 1. The second-order valence-electron chi connectivity index (χ2n) is 4.23. The van der Waals surface area contributed by atoms with Gasteiger partial charge in [-0.1, -0.05) is 0 Å². The molecule has 100 valence electrons. The molecule has 6 nitrogen and oxygen atoms in total. The monoisotopic (exact) mass is 325 g/mol. The van der Waals surface area contributed by atoms with Crippen LogP contribution in [0.3, 0.4) is 0 Å². The molecule has 3 amide bonds. The molecule has 7 heteroatoms. The van der Waals surface area contributed by atoms with E-state index in [4.69, 9.17) is 0 Å².